The van der Waals surface area contributed by atoms with Crippen molar-refractivity contribution in [1.29, 1.82) is 0 Å². The number of alkyl halides is 3. The number of nitrogens with zero attached hydrogens (tertiary/aromatic N) is 2. The third kappa shape index (κ3) is 4.48. The van der Waals surface area contributed by atoms with E-state index in [1.165, 1.54) is 20.8 Å². The van der Waals surface area contributed by atoms with Gasteiger partial charge >= 0.3 is 5.97 Å². The summed E-state index contributed by atoms with van der Waals surface area (Å²) in [5, 5.41) is 3.99. The summed E-state index contributed by atoms with van der Waals surface area (Å²) < 4.78 is 54.0. The highest BCUT2D eigenvalue weighted by atomic mass is 19.3. The van der Waals surface area contributed by atoms with Gasteiger partial charge in [-0.3, -0.25) is 4.68 Å². The van der Waals surface area contributed by atoms with Crippen LogP contribution in [0.25, 0.3) is 0 Å². The zero-order chi connectivity index (χ0) is 18.7. The molecule has 24 heavy (non-hydrogen) atoms. The van der Waals surface area contributed by atoms with Crippen molar-refractivity contribution in [3.05, 3.63) is 17.0 Å². The Morgan fingerprint density at radius 2 is 2.00 bits per heavy atom. The first kappa shape index (κ1) is 20.4. The van der Waals surface area contributed by atoms with Crippen LogP contribution in [0.5, 0.6) is 0 Å². The second kappa shape index (κ2) is 7.53. The van der Waals surface area contributed by atoms with Crippen LogP contribution in [-0.4, -0.2) is 21.7 Å². The van der Waals surface area contributed by atoms with Gasteiger partial charge in [0.2, 0.25) is 5.92 Å². The van der Waals surface area contributed by atoms with Crippen LogP contribution in [0.1, 0.15) is 68.7 Å². The Hall–Kier alpha value is -1.60. The minimum absolute atomic E-state index is 0.00303. The number of rotatable bonds is 4. The van der Waals surface area contributed by atoms with Crippen molar-refractivity contribution in [3.63, 3.8) is 0 Å². The van der Waals surface area contributed by atoms with Crippen molar-refractivity contribution >= 4 is 5.97 Å². The lowest BCUT2D eigenvalue weighted by Crippen LogP contribution is -2.18. The molecular weight excluding hydrogens is 328 g/mol. The van der Waals surface area contributed by atoms with E-state index in [0.29, 0.717) is 0 Å². The molecule has 8 heteroatoms. The molecule has 0 saturated heterocycles. The predicted octanol–water partition coefficient (Wildman–Crippen LogP) is 4.90. The Labute approximate surface area is 139 Å². The topological polar surface area (TPSA) is 44.1 Å². The van der Waals surface area contributed by atoms with Crippen molar-refractivity contribution in [2.24, 2.45) is 5.92 Å². The fraction of sp³-hybridized carbons (Fsp3) is 0.750. The molecule has 0 N–H and O–H groups in total. The largest absolute Gasteiger partial charge is 0.397 e. The average molecular weight is 352 g/mol. The van der Waals surface area contributed by atoms with Gasteiger partial charge in [0.25, 0.3) is 0 Å². The lowest BCUT2D eigenvalue weighted by atomic mass is 10.0. The van der Waals surface area contributed by atoms with Gasteiger partial charge in [-0.25, -0.2) is 22.9 Å². The Morgan fingerprint density at radius 3 is 2.42 bits per heavy atom. The van der Waals surface area contributed by atoms with Gasteiger partial charge in [-0.05, 0) is 33.1 Å². The van der Waals surface area contributed by atoms with Gasteiger partial charge in [-0.1, -0.05) is 13.8 Å². The molecule has 0 radical (unpaired) electrons. The quantitative estimate of drug-likeness (QED) is 0.724. The van der Waals surface area contributed by atoms with Crippen molar-refractivity contribution in [1.82, 2.24) is 9.78 Å². The summed E-state index contributed by atoms with van der Waals surface area (Å²) in [5.41, 5.74) is -1.96. The summed E-state index contributed by atoms with van der Waals surface area (Å²) in [6.45, 7) is 7.93. The summed E-state index contributed by atoms with van der Waals surface area (Å²) in [4.78, 5) is 14.8. The van der Waals surface area contributed by atoms with E-state index < -0.39 is 23.5 Å². The van der Waals surface area contributed by atoms with Gasteiger partial charge in [0.05, 0.1) is 0 Å². The van der Waals surface area contributed by atoms with Crippen LogP contribution >= 0.6 is 0 Å². The fourth-order valence-corrected chi connectivity index (χ4v) is 2.99. The predicted molar refractivity (Wildman–Crippen MR) is 81.3 cm³/mol. The molecule has 0 bridgehead atoms. The monoisotopic (exact) mass is 352 g/mol. The molecule has 138 valence electrons. The SMILES string of the molecule is CC.Cc1c(C(C)(C)F)nn(CC2CCC(F)(F)C2)c1C(=O)OF. The molecule has 1 aromatic rings. The molecule has 1 heterocycles. The third-order valence-corrected chi connectivity index (χ3v) is 3.95. The Morgan fingerprint density at radius 1 is 1.42 bits per heavy atom. The number of hydrogen-bond donors (Lipinski definition) is 0. The standard InChI is InChI=1S/C14H18F4N2O2.C2H6/c1-8-10(12(21)22-18)20(19-11(8)13(2,3)15)7-9-4-5-14(16,17)6-9;1-2/h9H,4-7H2,1-3H3;1-2H3. The van der Waals surface area contributed by atoms with Gasteiger partial charge in [0.1, 0.15) is 11.4 Å². The summed E-state index contributed by atoms with van der Waals surface area (Å²) in [5.74, 6) is -4.45. The summed E-state index contributed by atoms with van der Waals surface area (Å²) in [6, 6.07) is 0. The van der Waals surface area contributed by atoms with Crippen LogP contribution in [-0.2, 0) is 17.2 Å². The fourth-order valence-electron chi connectivity index (χ4n) is 2.99. The van der Waals surface area contributed by atoms with Gasteiger partial charge in [0, 0.05) is 29.5 Å². The van der Waals surface area contributed by atoms with Crippen LogP contribution in [0.15, 0.2) is 0 Å². The highest BCUT2D eigenvalue weighted by Crippen LogP contribution is 2.40. The minimum Gasteiger partial charge on any atom is -0.257 e. The molecule has 0 aromatic carbocycles. The van der Waals surface area contributed by atoms with Crippen molar-refractivity contribution in [3.8, 4) is 0 Å². The maximum absolute atomic E-state index is 14.1. The number of halogens is 4. The number of hydrogen-bond acceptors (Lipinski definition) is 3. The second-order valence-corrected chi connectivity index (χ2v) is 6.31. The van der Waals surface area contributed by atoms with E-state index in [2.05, 4.69) is 10.0 Å². The summed E-state index contributed by atoms with van der Waals surface area (Å²) >= 11 is 0. The third-order valence-electron chi connectivity index (χ3n) is 3.95. The lowest BCUT2D eigenvalue weighted by molar-refractivity contribution is -0.0799. The maximum atomic E-state index is 14.1. The van der Waals surface area contributed by atoms with Gasteiger partial charge in [-0.15, -0.1) is 0 Å². The molecule has 1 aliphatic rings. The van der Waals surface area contributed by atoms with Crippen LogP contribution in [0.2, 0.25) is 0 Å². The molecular formula is C16H24F4N2O2. The molecule has 4 nitrogen and oxygen atoms in total. The molecule has 1 fully saturated rings. The number of carbonyl (C=O) groups excluding carboxylic acids is 1. The van der Waals surface area contributed by atoms with Crippen LogP contribution in [0.3, 0.4) is 0 Å². The average Bonchev–Trinajstić information content (AvgIpc) is 3.00. The molecule has 0 spiro atoms. The van der Waals surface area contributed by atoms with E-state index >= 15 is 0 Å². The van der Waals surface area contributed by atoms with Gasteiger partial charge in [-0.2, -0.15) is 5.10 Å². The lowest BCUT2D eigenvalue weighted by Gasteiger charge is -2.13. The van der Waals surface area contributed by atoms with Gasteiger partial charge < -0.3 is 0 Å². The van der Waals surface area contributed by atoms with Gasteiger partial charge in [0.15, 0.2) is 5.69 Å². The zero-order valence-corrected chi connectivity index (χ0v) is 14.6. The minimum atomic E-state index is -2.74. The molecule has 1 aromatic heterocycles. The normalized spacial score (nSPS) is 19.6. The first-order valence-electron chi connectivity index (χ1n) is 8.02. The summed E-state index contributed by atoms with van der Waals surface area (Å²) in [7, 11) is 0. The van der Waals surface area contributed by atoms with Crippen molar-refractivity contribution < 1.29 is 27.4 Å². The molecule has 0 aliphatic heterocycles. The van der Waals surface area contributed by atoms with Crippen molar-refractivity contribution in [2.75, 3.05) is 0 Å². The maximum Gasteiger partial charge on any atom is 0.397 e. The molecule has 1 atom stereocenters. The van der Waals surface area contributed by atoms with E-state index in [1.54, 1.807) is 0 Å². The smallest absolute Gasteiger partial charge is 0.257 e. The van der Waals surface area contributed by atoms with E-state index in [1.807, 2.05) is 13.8 Å². The molecule has 1 aliphatic carbocycles. The highest BCUT2D eigenvalue weighted by molar-refractivity contribution is 5.89. The van der Waals surface area contributed by atoms with Crippen LogP contribution in [0, 0.1) is 12.8 Å². The molecule has 0 amide bonds. The first-order chi connectivity index (χ1) is 11.0. The molecule has 1 saturated carbocycles. The first-order valence-corrected chi connectivity index (χ1v) is 8.02. The zero-order valence-electron chi connectivity index (χ0n) is 14.6. The number of carbonyl (C=O) groups is 1. The molecule has 1 unspecified atom stereocenters. The summed E-state index contributed by atoms with van der Waals surface area (Å²) in [6.07, 6.45) is -0.295. The Kier molecular flexibility index (Phi) is 6.41. The molecule has 2 rings (SSSR count). The van der Waals surface area contributed by atoms with Crippen LogP contribution in [0.4, 0.5) is 17.7 Å². The second-order valence-electron chi connectivity index (χ2n) is 6.31. The van der Waals surface area contributed by atoms with Crippen molar-refractivity contribution in [2.45, 2.75) is 72.0 Å². The van der Waals surface area contributed by atoms with E-state index in [9.17, 15) is 22.5 Å². The number of aromatic nitrogens is 2. The van der Waals surface area contributed by atoms with E-state index in [-0.39, 0.29) is 42.8 Å². The Balaban J connectivity index is 0.00000139. The van der Waals surface area contributed by atoms with E-state index in [4.69, 9.17) is 0 Å². The van der Waals surface area contributed by atoms with E-state index in [0.717, 1.165) is 4.68 Å². The highest BCUT2D eigenvalue weighted by Gasteiger charge is 2.40. The van der Waals surface area contributed by atoms with Crippen LogP contribution < -0.4 is 0 Å². The Bertz CT molecular complexity index is 579.